The maximum absolute atomic E-state index is 11.6. The summed E-state index contributed by atoms with van der Waals surface area (Å²) in [5.74, 6) is -1.03. The zero-order valence-corrected chi connectivity index (χ0v) is 10.8. The van der Waals surface area contributed by atoms with Gasteiger partial charge in [0.1, 0.15) is 5.82 Å². The molecular formula is C13H12N4OS. The zero-order valence-electron chi connectivity index (χ0n) is 9.92. The summed E-state index contributed by atoms with van der Waals surface area (Å²) in [6, 6.07) is 11.1. The van der Waals surface area contributed by atoms with Gasteiger partial charge in [0.25, 0.3) is 0 Å². The van der Waals surface area contributed by atoms with Crippen molar-refractivity contribution in [2.24, 2.45) is 11.5 Å². The Balaban J connectivity index is 2.65. The van der Waals surface area contributed by atoms with Crippen LogP contribution >= 0.6 is 12.6 Å². The van der Waals surface area contributed by atoms with Crippen LogP contribution in [0.1, 0.15) is 11.5 Å². The number of thiol groups is 1. The molecule has 6 heteroatoms. The van der Waals surface area contributed by atoms with Gasteiger partial charge in [-0.3, -0.25) is 4.79 Å². The number of hydrogen-bond acceptors (Lipinski definition) is 5. The number of nitriles is 1. The van der Waals surface area contributed by atoms with Crippen LogP contribution in [0.25, 0.3) is 0 Å². The quantitative estimate of drug-likeness (QED) is 0.594. The first-order valence-electron chi connectivity index (χ1n) is 5.51. The molecule has 1 aromatic carbocycles. The van der Waals surface area contributed by atoms with E-state index in [0.29, 0.717) is 0 Å². The van der Waals surface area contributed by atoms with Crippen LogP contribution < -0.4 is 16.8 Å². The van der Waals surface area contributed by atoms with E-state index in [-0.39, 0.29) is 22.0 Å². The molecule has 19 heavy (non-hydrogen) atoms. The lowest BCUT2D eigenvalue weighted by Gasteiger charge is -2.26. The highest BCUT2D eigenvalue weighted by Crippen LogP contribution is 2.37. The van der Waals surface area contributed by atoms with Gasteiger partial charge in [0, 0.05) is 0 Å². The van der Waals surface area contributed by atoms with E-state index in [1.54, 1.807) is 0 Å². The lowest BCUT2D eigenvalue weighted by Crippen LogP contribution is -2.33. The van der Waals surface area contributed by atoms with Gasteiger partial charge in [0.05, 0.1) is 28.2 Å². The van der Waals surface area contributed by atoms with Gasteiger partial charge in [-0.1, -0.05) is 30.3 Å². The summed E-state index contributed by atoms with van der Waals surface area (Å²) in [6.45, 7) is 0. The lowest BCUT2D eigenvalue weighted by atomic mass is 9.83. The molecule has 1 aromatic rings. The molecule has 96 valence electrons. The van der Waals surface area contributed by atoms with Crippen LogP contribution in [0.4, 0.5) is 0 Å². The fraction of sp³-hybridized carbons (Fsp3) is 0.0769. The van der Waals surface area contributed by atoms with Crippen LogP contribution in [0.15, 0.2) is 52.3 Å². The van der Waals surface area contributed by atoms with Crippen molar-refractivity contribution in [3.05, 3.63) is 57.9 Å². The number of carbonyl (C=O) groups excluding carboxylic acids is 1. The van der Waals surface area contributed by atoms with Crippen LogP contribution in [-0.4, -0.2) is 5.91 Å². The Morgan fingerprint density at radius 3 is 2.53 bits per heavy atom. The summed E-state index contributed by atoms with van der Waals surface area (Å²) in [5, 5.41) is 12.2. The van der Waals surface area contributed by atoms with Gasteiger partial charge in [0.2, 0.25) is 5.91 Å². The lowest BCUT2D eigenvalue weighted by molar-refractivity contribution is -0.114. The van der Waals surface area contributed by atoms with Gasteiger partial charge in [0.15, 0.2) is 0 Å². The molecule has 0 spiro atoms. The average Bonchev–Trinajstić information content (AvgIpc) is 2.38. The van der Waals surface area contributed by atoms with E-state index in [1.165, 1.54) is 0 Å². The maximum atomic E-state index is 11.6. The van der Waals surface area contributed by atoms with Gasteiger partial charge in [-0.25, -0.2) is 0 Å². The van der Waals surface area contributed by atoms with Crippen molar-refractivity contribution < 1.29 is 4.79 Å². The Hall–Kier alpha value is -2.39. The highest BCUT2D eigenvalue weighted by atomic mass is 32.1. The highest BCUT2D eigenvalue weighted by molar-refractivity contribution is 7.84. The van der Waals surface area contributed by atoms with Crippen LogP contribution in [0.5, 0.6) is 0 Å². The number of hydrogen-bond donors (Lipinski definition) is 4. The predicted molar refractivity (Wildman–Crippen MR) is 74.4 cm³/mol. The van der Waals surface area contributed by atoms with Crippen molar-refractivity contribution in [1.29, 1.82) is 5.26 Å². The van der Waals surface area contributed by atoms with E-state index in [1.807, 2.05) is 36.4 Å². The van der Waals surface area contributed by atoms with Gasteiger partial charge in [-0.15, -0.1) is 12.6 Å². The molecule has 0 saturated heterocycles. The number of dihydropyridines is 1. The predicted octanol–water partition coefficient (Wildman–Crippen LogP) is 0.694. The number of primary amides is 1. The van der Waals surface area contributed by atoms with E-state index < -0.39 is 11.8 Å². The number of carbonyl (C=O) groups is 1. The van der Waals surface area contributed by atoms with Crippen molar-refractivity contribution in [1.82, 2.24) is 5.32 Å². The zero-order chi connectivity index (χ0) is 14.0. The van der Waals surface area contributed by atoms with Crippen molar-refractivity contribution in [2.75, 3.05) is 0 Å². The Morgan fingerprint density at radius 1 is 1.37 bits per heavy atom. The standard InChI is InChI=1S/C13H12N4OS/c14-6-8-9(7-4-2-1-3-5-7)10(12(16)18)13(19)17-11(8)15/h1-5,9,17,19H,15H2,(H2,16,18)/t9-/m0/s1. The molecule has 0 bridgehead atoms. The Labute approximate surface area is 116 Å². The topological polar surface area (TPSA) is 105 Å². The molecule has 2 rings (SSSR count). The molecule has 1 atom stereocenters. The highest BCUT2D eigenvalue weighted by Gasteiger charge is 2.32. The van der Waals surface area contributed by atoms with E-state index in [4.69, 9.17) is 11.5 Å². The summed E-state index contributed by atoms with van der Waals surface area (Å²) in [6.07, 6.45) is 0. The molecule has 1 amide bonds. The fourth-order valence-electron chi connectivity index (χ4n) is 2.06. The van der Waals surface area contributed by atoms with Crippen molar-refractivity contribution in [2.45, 2.75) is 5.92 Å². The summed E-state index contributed by atoms with van der Waals surface area (Å²) >= 11 is 4.19. The number of nitrogens with one attached hydrogen (secondary N) is 1. The third-order valence-electron chi connectivity index (χ3n) is 2.89. The summed E-state index contributed by atoms with van der Waals surface area (Å²) < 4.78 is 0. The molecule has 0 fully saturated rings. The second kappa shape index (κ2) is 5.08. The van der Waals surface area contributed by atoms with Crippen molar-refractivity contribution in [3.63, 3.8) is 0 Å². The third kappa shape index (κ3) is 2.28. The SMILES string of the molecule is N#CC1=C(N)NC(S)=C(C(N)=O)[C@H]1c1ccccc1. The van der Waals surface area contributed by atoms with Crippen LogP contribution in [-0.2, 0) is 4.79 Å². The molecule has 0 radical (unpaired) electrons. The van der Waals surface area contributed by atoms with Gasteiger partial charge in [-0.2, -0.15) is 5.26 Å². The number of benzene rings is 1. The number of rotatable bonds is 2. The molecular weight excluding hydrogens is 260 g/mol. The van der Waals surface area contributed by atoms with Gasteiger partial charge in [-0.05, 0) is 5.56 Å². The Kier molecular flexibility index (Phi) is 3.49. The molecule has 0 saturated carbocycles. The third-order valence-corrected chi connectivity index (χ3v) is 3.25. The minimum atomic E-state index is -0.633. The first kappa shape index (κ1) is 13.1. The fourth-order valence-corrected chi connectivity index (χ4v) is 2.42. The summed E-state index contributed by atoms with van der Waals surface area (Å²) in [4.78, 5) is 11.6. The van der Waals surface area contributed by atoms with Crippen molar-refractivity contribution >= 4 is 18.5 Å². The maximum Gasteiger partial charge on any atom is 0.248 e. The average molecular weight is 272 g/mol. The van der Waals surface area contributed by atoms with E-state index in [9.17, 15) is 10.1 Å². The molecule has 1 aliphatic heterocycles. The Morgan fingerprint density at radius 2 is 2.00 bits per heavy atom. The van der Waals surface area contributed by atoms with Gasteiger partial charge >= 0.3 is 0 Å². The minimum Gasteiger partial charge on any atom is -0.384 e. The molecule has 0 aromatic heterocycles. The van der Waals surface area contributed by atoms with Crippen molar-refractivity contribution in [3.8, 4) is 6.07 Å². The van der Waals surface area contributed by atoms with E-state index in [2.05, 4.69) is 17.9 Å². The molecule has 5 N–H and O–H groups in total. The van der Waals surface area contributed by atoms with Crippen LogP contribution in [0.2, 0.25) is 0 Å². The monoisotopic (exact) mass is 272 g/mol. The molecule has 5 nitrogen and oxygen atoms in total. The number of nitrogens with zero attached hydrogens (tertiary/aromatic N) is 1. The Bertz CT molecular complexity index is 628. The van der Waals surface area contributed by atoms with Crippen LogP contribution in [0.3, 0.4) is 0 Å². The number of amides is 1. The largest absolute Gasteiger partial charge is 0.384 e. The molecule has 1 heterocycles. The number of allylic oxidation sites excluding steroid dienone is 1. The number of nitrogens with two attached hydrogens (primary N) is 2. The van der Waals surface area contributed by atoms with Crippen LogP contribution in [0, 0.1) is 11.3 Å². The first-order chi connectivity index (χ1) is 9.06. The van der Waals surface area contributed by atoms with Gasteiger partial charge < -0.3 is 16.8 Å². The van der Waals surface area contributed by atoms with E-state index in [0.717, 1.165) is 5.56 Å². The van der Waals surface area contributed by atoms with E-state index >= 15 is 0 Å². The smallest absolute Gasteiger partial charge is 0.248 e. The molecule has 0 unspecified atom stereocenters. The summed E-state index contributed by atoms with van der Waals surface area (Å²) in [7, 11) is 0. The molecule has 0 aliphatic carbocycles. The summed E-state index contributed by atoms with van der Waals surface area (Å²) in [5.41, 5.74) is 12.4. The second-order valence-electron chi connectivity index (χ2n) is 4.03. The minimum absolute atomic E-state index is 0.186. The molecule has 1 aliphatic rings. The first-order valence-corrected chi connectivity index (χ1v) is 5.95. The normalized spacial score (nSPS) is 18.8. The second-order valence-corrected chi connectivity index (χ2v) is 4.48.